The Morgan fingerprint density at radius 1 is 0.353 bits per heavy atom. The fourth-order valence-electron chi connectivity index (χ4n) is 4.21. The number of rotatable bonds is 16. The average molecular weight is 585 g/mol. The van der Waals surface area contributed by atoms with Gasteiger partial charge in [-0.3, -0.25) is 0 Å². The van der Waals surface area contributed by atoms with Crippen LogP contribution in [0.2, 0.25) is 104 Å². The molecule has 0 aromatic carbocycles. The summed E-state index contributed by atoms with van der Waals surface area (Å²) in [6.07, 6.45) is 7.69. The molecule has 0 atom stereocenters. The van der Waals surface area contributed by atoms with Gasteiger partial charge in [0.05, 0.1) is 0 Å². The second kappa shape index (κ2) is 15.5. The topological polar surface area (TPSA) is 36.9 Å². The van der Waals surface area contributed by atoms with Gasteiger partial charge in [0.25, 0.3) is 0 Å². The highest BCUT2D eigenvalue weighted by molar-refractivity contribution is 6.88. The van der Waals surface area contributed by atoms with Gasteiger partial charge in [-0.05, 0) is 104 Å². The predicted octanol–water partition coefficient (Wildman–Crippen LogP) is 9.90. The molecule has 0 heterocycles. The zero-order valence-electron chi connectivity index (χ0n) is 26.3. The van der Waals surface area contributed by atoms with Gasteiger partial charge in [-0.2, -0.15) is 0 Å². The van der Waals surface area contributed by atoms with Gasteiger partial charge in [-0.15, -0.1) is 0 Å². The maximum absolute atomic E-state index is 6.47. The van der Waals surface area contributed by atoms with Crippen molar-refractivity contribution in [1.82, 2.24) is 0 Å². The van der Waals surface area contributed by atoms with E-state index in [9.17, 15) is 0 Å². The molecule has 4 nitrogen and oxygen atoms in total. The van der Waals surface area contributed by atoms with Crippen molar-refractivity contribution in [1.29, 1.82) is 0 Å². The van der Waals surface area contributed by atoms with Gasteiger partial charge in [0, 0.05) is 0 Å². The largest absolute Gasteiger partial charge is 0.437 e. The van der Waals surface area contributed by atoms with Crippen molar-refractivity contribution >= 4 is 50.4 Å². The molecule has 0 aliphatic heterocycles. The lowest BCUT2D eigenvalue weighted by Crippen LogP contribution is -2.52. The van der Waals surface area contributed by atoms with Crippen molar-refractivity contribution in [3.63, 3.8) is 0 Å². The van der Waals surface area contributed by atoms with Crippen molar-refractivity contribution in [2.75, 3.05) is 0 Å². The highest BCUT2D eigenvalue weighted by Gasteiger charge is 2.40. The summed E-state index contributed by atoms with van der Waals surface area (Å²) in [7, 11) is -9.84. The molecule has 0 rings (SSSR count). The van der Waals surface area contributed by atoms with Crippen molar-refractivity contribution in [2.24, 2.45) is 0 Å². The Bertz CT molecular complexity index is 502. The Hall–Kier alpha value is 1.14. The van der Waals surface area contributed by atoms with Crippen molar-refractivity contribution in [3.05, 3.63) is 0 Å². The minimum absolute atomic E-state index is 1.15. The fraction of sp³-hybridized carbons (Fsp3) is 1.00. The van der Waals surface area contributed by atoms with Gasteiger partial charge in [0.2, 0.25) is 0 Å². The van der Waals surface area contributed by atoms with E-state index < -0.39 is 50.4 Å². The van der Waals surface area contributed by atoms with Gasteiger partial charge in [-0.1, -0.05) is 52.4 Å². The van der Waals surface area contributed by atoms with Gasteiger partial charge < -0.3 is 16.5 Å². The lowest BCUT2D eigenvalue weighted by Gasteiger charge is -2.38. The summed E-state index contributed by atoms with van der Waals surface area (Å²) in [6.45, 7) is 36.3. The van der Waals surface area contributed by atoms with Crippen molar-refractivity contribution in [2.45, 2.75) is 156 Å². The minimum atomic E-state index is -1.95. The summed E-state index contributed by atoms with van der Waals surface area (Å²) < 4.78 is 25.7. The molecule has 0 saturated carbocycles. The van der Waals surface area contributed by atoms with E-state index >= 15 is 0 Å². The summed E-state index contributed by atoms with van der Waals surface area (Å²) in [5.74, 6) is 0. The summed E-state index contributed by atoms with van der Waals surface area (Å²) in [5, 5.41) is 0. The lowest BCUT2D eigenvalue weighted by molar-refractivity contribution is 0.379. The van der Waals surface area contributed by atoms with Crippen LogP contribution in [-0.4, -0.2) is 50.4 Å². The van der Waals surface area contributed by atoms with E-state index in [1.165, 1.54) is 44.6 Å². The average Bonchev–Trinajstić information content (AvgIpc) is 2.50. The SMILES string of the molecule is CCCCCC[Si](C)(O[Si](C)(C)C)O[Si](C)(C)C.CCCC[Si](C)(O[Si](C)(C)C)O[Si](C)(C)C. The smallest absolute Gasteiger partial charge is 0.314 e. The third-order valence-electron chi connectivity index (χ3n) is 4.56. The van der Waals surface area contributed by atoms with Gasteiger partial charge in [-0.25, -0.2) is 0 Å². The molecule has 0 aromatic rings. The van der Waals surface area contributed by atoms with Gasteiger partial charge >= 0.3 is 17.1 Å². The number of hydrogen-bond donors (Lipinski definition) is 0. The maximum atomic E-state index is 6.47. The summed E-state index contributed by atoms with van der Waals surface area (Å²) >= 11 is 0. The normalized spacial score (nSPS) is 14.1. The second-order valence-corrected chi connectivity index (χ2v) is 39.7. The Morgan fingerprint density at radius 3 is 0.853 bits per heavy atom. The second-order valence-electron chi connectivity index (χ2n) is 14.0. The van der Waals surface area contributed by atoms with Crippen LogP contribution in [0, 0.1) is 0 Å². The van der Waals surface area contributed by atoms with Crippen LogP contribution in [0.3, 0.4) is 0 Å². The first-order valence-electron chi connectivity index (χ1n) is 13.8. The van der Waals surface area contributed by atoms with Crippen molar-refractivity contribution < 1.29 is 16.5 Å². The van der Waals surface area contributed by atoms with E-state index in [1.54, 1.807) is 0 Å². The van der Waals surface area contributed by atoms with Crippen molar-refractivity contribution in [3.8, 4) is 0 Å². The van der Waals surface area contributed by atoms with Crippen LogP contribution in [0.5, 0.6) is 0 Å². The Kier molecular flexibility index (Phi) is 17.0. The zero-order chi connectivity index (χ0) is 27.5. The summed E-state index contributed by atoms with van der Waals surface area (Å²) in [4.78, 5) is 0. The van der Waals surface area contributed by atoms with Crippen LogP contribution in [-0.2, 0) is 16.5 Å². The van der Waals surface area contributed by atoms with Crippen LogP contribution in [0.4, 0.5) is 0 Å². The Labute approximate surface area is 222 Å². The zero-order valence-corrected chi connectivity index (χ0v) is 32.3. The molecular formula is C24H64O4Si6. The third-order valence-corrected chi connectivity index (χ3v) is 23.8. The van der Waals surface area contributed by atoms with E-state index in [0.29, 0.717) is 0 Å². The first-order chi connectivity index (χ1) is 14.9. The third kappa shape index (κ3) is 24.8. The monoisotopic (exact) mass is 584 g/mol. The Balaban J connectivity index is 0. The van der Waals surface area contributed by atoms with Crippen LogP contribution in [0.15, 0.2) is 0 Å². The van der Waals surface area contributed by atoms with E-state index in [-0.39, 0.29) is 0 Å². The molecular weight excluding hydrogens is 521 g/mol. The van der Waals surface area contributed by atoms with E-state index in [2.05, 4.69) is 106 Å². The van der Waals surface area contributed by atoms with Gasteiger partial charge in [0.1, 0.15) is 0 Å². The standard InChI is InChI=1S/C13H34O2Si3.C11H30O2Si3/c1-9-10-11-12-13-18(8,14-16(2,3)4)15-17(5,6)7;1-9-10-11-16(8,12-14(2,3)4)13-15(5,6)7/h9-13H2,1-8H3;9-11H2,1-8H3. The minimum Gasteiger partial charge on any atom is -0.437 e. The first-order valence-corrected chi connectivity index (χ1v) is 32.4. The highest BCUT2D eigenvalue weighted by atomic mass is 28.5. The molecule has 0 N–H and O–H groups in total. The van der Waals surface area contributed by atoms with E-state index in [4.69, 9.17) is 16.5 Å². The lowest BCUT2D eigenvalue weighted by atomic mass is 10.2. The maximum Gasteiger partial charge on any atom is 0.314 e. The van der Waals surface area contributed by atoms with Crippen LogP contribution in [0.25, 0.3) is 0 Å². The molecule has 0 aliphatic carbocycles. The molecule has 0 unspecified atom stereocenters. The quantitative estimate of drug-likeness (QED) is 0.134. The first kappa shape index (κ1) is 37.3. The molecule has 0 aromatic heterocycles. The molecule has 0 spiro atoms. The van der Waals surface area contributed by atoms with E-state index in [0.717, 1.165) is 6.04 Å². The molecule has 208 valence electrons. The number of hydrogen-bond acceptors (Lipinski definition) is 4. The van der Waals surface area contributed by atoms with Gasteiger partial charge in [0.15, 0.2) is 33.3 Å². The summed E-state index contributed by atoms with van der Waals surface area (Å²) in [6, 6.07) is 2.32. The molecule has 0 fully saturated rings. The summed E-state index contributed by atoms with van der Waals surface area (Å²) in [5.41, 5.74) is 0. The highest BCUT2D eigenvalue weighted by Crippen LogP contribution is 2.27. The predicted molar refractivity (Wildman–Crippen MR) is 170 cm³/mol. The molecule has 0 radical (unpaired) electrons. The number of unbranched alkanes of at least 4 members (excludes halogenated alkanes) is 4. The Morgan fingerprint density at radius 2 is 0.618 bits per heavy atom. The van der Waals surface area contributed by atoms with Crippen LogP contribution >= 0.6 is 0 Å². The molecule has 0 bridgehead atoms. The molecule has 0 aliphatic rings. The van der Waals surface area contributed by atoms with Crippen LogP contribution in [0.1, 0.15) is 52.4 Å². The molecule has 10 heteroatoms. The molecule has 0 saturated heterocycles. The molecule has 0 amide bonds. The fourth-order valence-corrected chi connectivity index (χ4v) is 29.5. The van der Waals surface area contributed by atoms with Crippen LogP contribution < -0.4 is 0 Å². The molecule has 34 heavy (non-hydrogen) atoms. The van der Waals surface area contributed by atoms with E-state index in [1.807, 2.05) is 0 Å².